The van der Waals surface area contributed by atoms with Crippen molar-refractivity contribution < 1.29 is 19.5 Å². The summed E-state index contributed by atoms with van der Waals surface area (Å²) >= 11 is 0. The van der Waals surface area contributed by atoms with Crippen LogP contribution in [0.3, 0.4) is 0 Å². The highest BCUT2D eigenvalue weighted by Gasteiger charge is 2.47. The van der Waals surface area contributed by atoms with E-state index < -0.39 is 12.0 Å². The number of carboxylic acids is 1. The van der Waals surface area contributed by atoms with Crippen LogP contribution in [0.15, 0.2) is 12.7 Å². The first-order valence-electron chi connectivity index (χ1n) is 7.18. The first-order valence-corrected chi connectivity index (χ1v) is 7.18. The number of nitrogens with zero attached hydrogens (tertiary/aromatic N) is 1. The van der Waals surface area contributed by atoms with Gasteiger partial charge in [0, 0.05) is 12.8 Å². The largest absolute Gasteiger partial charge is 0.480 e. The number of carbonyl (C=O) groups is 3. The van der Waals surface area contributed by atoms with Gasteiger partial charge in [0.25, 0.3) is 0 Å². The van der Waals surface area contributed by atoms with Gasteiger partial charge in [0.1, 0.15) is 6.04 Å². The van der Waals surface area contributed by atoms with Crippen LogP contribution in [0.2, 0.25) is 0 Å². The molecule has 0 aromatic carbocycles. The third kappa shape index (κ3) is 2.76. The fourth-order valence-corrected chi connectivity index (χ4v) is 3.49. The average Bonchev–Trinajstić information content (AvgIpc) is 2.37. The van der Waals surface area contributed by atoms with E-state index in [0.29, 0.717) is 12.8 Å². The van der Waals surface area contributed by atoms with E-state index in [1.165, 1.54) is 6.08 Å². The lowest BCUT2D eigenvalue weighted by molar-refractivity contribution is -0.165. The van der Waals surface area contributed by atoms with E-state index in [2.05, 4.69) is 6.58 Å². The van der Waals surface area contributed by atoms with Gasteiger partial charge < -0.3 is 5.11 Å². The molecule has 5 heteroatoms. The molecule has 2 aliphatic rings. The molecule has 2 amide bonds. The summed E-state index contributed by atoms with van der Waals surface area (Å²) < 4.78 is 0. The molecule has 1 unspecified atom stereocenters. The van der Waals surface area contributed by atoms with Crippen LogP contribution < -0.4 is 0 Å². The van der Waals surface area contributed by atoms with Crippen molar-refractivity contribution in [3.8, 4) is 0 Å². The van der Waals surface area contributed by atoms with Crippen LogP contribution in [-0.4, -0.2) is 33.8 Å². The van der Waals surface area contributed by atoms with Crippen LogP contribution >= 0.6 is 0 Å². The van der Waals surface area contributed by atoms with E-state index in [9.17, 15) is 19.5 Å². The minimum absolute atomic E-state index is 0.0970. The van der Waals surface area contributed by atoms with E-state index >= 15 is 0 Å². The Kier molecular flexibility index (Phi) is 4.26. The number of imide groups is 1. The Balaban J connectivity index is 2.18. The highest BCUT2D eigenvalue weighted by atomic mass is 16.4. The minimum atomic E-state index is -1.15. The number of aliphatic carboxylic acids is 1. The van der Waals surface area contributed by atoms with Gasteiger partial charge >= 0.3 is 5.97 Å². The number of carboxylic acid groups (broad SMARTS) is 1. The van der Waals surface area contributed by atoms with Crippen LogP contribution in [-0.2, 0) is 14.4 Å². The maximum absolute atomic E-state index is 12.3. The fraction of sp³-hybridized carbons (Fsp3) is 0.667. The zero-order chi connectivity index (χ0) is 14.8. The van der Waals surface area contributed by atoms with Gasteiger partial charge in [-0.05, 0) is 24.7 Å². The summed E-state index contributed by atoms with van der Waals surface area (Å²) in [5.74, 6) is -1.82. The van der Waals surface area contributed by atoms with E-state index in [0.717, 1.165) is 37.0 Å². The second kappa shape index (κ2) is 5.77. The van der Waals surface area contributed by atoms with E-state index in [-0.39, 0.29) is 23.7 Å². The van der Waals surface area contributed by atoms with Crippen molar-refractivity contribution in [1.29, 1.82) is 0 Å². The van der Waals surface area contributed by atoms with Gasteiger partial charge in [0.05, 0.1) is 0 Å². The third-order valence-electron chi connectivity index (χ3n) is 4.49. The number of hydrogen-bond donors (Lipinski definition) is 1. The highest BCUT2D eigenvalue weighted by molar-refractivity contribution is 6.02. The molecule has 1 saturated carbocycles. The van der Waals surface area contributed by atoms with Gasteiger partial charge in [-0.15, -0.1) is 6.58 Å². The summed E-state index contributed by atoms with van der Waals surface area (Å²) in [6.45, 7) is 3.50. The summed E-state index contributed by atoms with van der Waals surface area (Å²) in [7, 11) is 0. The van der Waals surface area contributed by atoms with Crippen molar-refractivity contribution in [1.82, 2.24) is 4.90 Å². The second-order valence-electron chi connectivity index (χ2n) is 5.95. The molecule has 5 nitrogen and oxygen atoms in total. The number of amides is 2. The maximum atomic E-state index is 12.3. The molecule has 0 bridgehead atoms. The normalized spacial score (nSPS) is 23.7. The molecular formula is C15H21NO4. The number of likely N-dealkylation sites (tertiary alicyclic amines) is 1. The van der Waals surface area contributed by atoms with Crippen molar-refractivity contribution in [3.63, 3.8) is 0 Å². The monoisotopic (exact) mass is 279 g/mol. The van der Waals surface area contributed by atoms with Crippen LogP contribution in [0.1, 0.15) is 51.4 Å². The SMILES string of the molecule is C=CCC(C(=O)O)N1C(=O)CC2(CCCCC2)CC1=O. The molecule has 110 valence electrons. The Bertz CT molecular complexity index is 417. The Labute approximate surface area is 118 Å². The number of rotatable bonds is 4. The quantitative estimate of drug-likeness (QED) is 0.632. The summed E-state index contributed by atoms with van der Waals surface area (Å²) in [5.41, 5.74) is -0.208. The molecule has 1 saturated heterocycles. The van der Waals surface area contributed by atoms with Crippen molar-refractivity contribution in [2.24, 2.45) is 5.41 Å². The molecule has 0 aromatic rings. The van der Waals surface area contributed by atoms with Crippen LogP contribution in [0.4, 0.5) is 0 Å². The smallest absolute Gasteiger partial charge is 0.327 e. The first kappa shape index (κ1) is 14.8. The van der Waals surface area contributed by atoms with Crippen LogP contribution in [0.5, 0.6) is 0 Å². The Morgan fingerprint density at radius 2 is 1.80 bits per heavy atom. The van der Waals surface area contributed by atoms with E-state index in [1.54, 1.807) is 0 Å². The molecule has 1 aliphatic carbocycles. The Morgan fingerprint density at radius 1 is 1.25 bits per heavy atom. The summed E-state index contributed by atoms with van der Waals surface area (Å²) in [6.07, 6.45) is 7.20. The molecule has 2 fully saturated rings. The van der Waals surface area contributed by atoms with Crippen molar-refractivity contribution in [2.45, 2.75) is 57.4 Å². The molecule has 1 spiro atoms. The van der Waals surface area contributed by atoms with Gasteiger partial charge in [-0.3, -0.25) is 14.5 Å². The summed E-state index contributed by atoms with van der Waals surface area (Å²) in [5, 5.41) is 9.20. The molecule has 1 atom stereocenters. The van der Waals surface area contributed by atoms with Gasteiger partial charge in [-0.25, -0.2) is 4.79 Å². The molecular weight excluding hydrogens is 258 g/mol. The van der Waals surface area contributed by atoms with Crippen molar-refractivity contribution >= 4 is 17.8 Å². The predicted octanol–water partition coefficient (Wildman–Crippen LogP) is 2.12. The van der Waals surface area contributed by atoms with Gasteiger partial charge in [-0.2, -0.15) is 0 Å². The molecule has 2 rings (SSSR count). The Hall–Kier alpha value is -1.65. The number of piperidine rings is 1. The highest BCUT2D eigenvalue weighted by Crippen LogP contribution is 2.45. The standard InChI is InChI=1S/C15H21NO4/c1-2-6-11(14(19)20)16-12(17)9-15(10-13(16)18)7-4-3-5-8-15/h2,11H,1,3-10H2,(H,19,20). The minimum Gasteiger partial charge on any atom is -0.480 e. The molecule has 1 heterocycles. The van der Waals surface area contributed by atoms with Crippen LogP contribution in [0.25, 0.3) is 0 Å². The average molecular weight is 279 g/mol. The van der Waals surface area contributed by atoms with Gasteiger partial charge in [-0.1, -0.05) is 25.3 Å². The molecule has 20 heavy (non-hydrogen) atoms. The first-order chi connectivity index (χ1) is 9.49. The fourth-order valence-electron chi connectivity index (χ4n) is 3.49. The number of hydrogen-bond acceptors (Lipinski definition) is 3. The number of carbonyl (C=O) groups excluding carboxylic acids is 2. The zero-order valence-electron chi connectivity index (χ0n) is 11.6. The maximum Gasteiger partial charge on any atom is 0.327 e. The van der Waals surface area contributed by atoms with Crippen molar-refractivity contribution in [3.05, 3.63) is 12.7 Å². The van der Waals surface area contributed by atoms with E-state index in [4.69, 9.17) is 0 Å². The summed E-state index contributed by atoms with van der Waals surface area (Å²) in [4.78, 5) is 36.8. The second-order valence-corrected chi connectivity index (χ2v) is 5.95. The predicted molar refractivity (Wildman–Crippen MR) is 72.8 cm³/mol. The molecule has 0 aromatic heterocycles. The molecule has 1 N–H and O–H groups in total. The van der Waals surface area contributed by atoms with Crippen molar-refractivity contribution in [2.75, 3.05) is 0 Å². The van der Waals surface area contributed by atoms with Crippen LogP contribution in [0, 0.1) is 5.41 Å². The molecule has 1 aliphatic heterocycles. The van der Waals surface area contributed by atoms with E-state index in [1.807, 2.05) is 0 Å². The zero-order valence-corrected chi connectivity index (χ0v) is 11.6. The van der Waals surface area contributed by atoms with Gasteiger partial charge in [0.15, 0.2) is 0 Å². The lowest BCUT2D eigenvalue weighted by Gasteiger charge is -2.43. The van der Waals surface area contributed by atoms with Gasteiger partial charge in [0.2, 0.25) is 11.8 Å². The topological polar surface area (TPSA) is 74.7 Å². The lowest BCUT2D eigenvalue weighted by atomic mass is 9.67. The lowest BCUT2D eigenvalue weighted by Crippen LogP contribution is -2.55. The molecule has 0 radical (unpaired) electrons. The third-order valence-corrected chi connectivity index (χ3v) is 4.49. The Morgan fingerprint density at radius 3 is 2.25 bits per heavy atom. The summed E-state index contributed by atoms with van der Waals surface area (Å²) in [6, 6.07) is -1.10.